The predicted molar refractivity (Wildman–Crippen MR) is 151 cm³/mol. The third-order valence-corrected chi connectivity index (χ3v) is 9.76. The van der Waals surface area contributed by atoms with Crippen molar-refractivity contribution in [1.82, 2.24) is 9.21 Å². The lowest BCUT2D eigenvalue weighted by Crippen LogP contribution is -2.50. The Morgan fingerprint density at radius 3 is 2.56 bits per heavy atom. The van der Waals surface area contributed by atoms with E-state index < -0.39 is 28.2 Å². The normalized spacial score (nSPS) is 18.5. The van der Waals surface area contributed by atoms with Crippen molar-refractivity contribution in [2.45, 2.75) is 30.2 Å². The third kappa shape index (κ3) is 6.41. The number of benzene rings is 2. The van der Waals surface area contributed by atoms with Gasteiger partial charge in [-0.1, -0.05) is 37.3 Å². The summed E-state index contributed by atoms with van der Waals surface area (Å²) in [5.41, 5.74) is 1.04. The number of nitrogens with one attached hydrogen (secondary N) is 2. The second-order valence-electron chi connectivity index (χ2n) is 9.47. The Balaban J connectivity index is 1.69. The average Bonchev–Trinajstić information content (AvgIpc) is 3.47. The van der Waals surface area contributed by atoms with Gasteiger partial charge in [0.1, 0.15) is 10.3 Å². The highest BCUT2D eigenvalue weighted by Gasteiger charge is 2.36. The van der Waals surface area contributed by atoms with Gasteiger partial charge in [-0.3, -0.25) is 4.79 Å². The molecule has 4 rings (SSSR count). The van der Waals surface area contributed by atoms with Gasteiger partial charge >= 0.3 is 6.03 Å². The van der Waals surface area contributed by atoms with Crippen molar-refractivity contribution in [3.63, 3.8) is 0 Å². The van der Waals surface area contributed by atoms with Crippen molar-refractivity contribution in [3.8, 4) is 5.75 Å². The molecule has 2 heterocycles. The Labute approximate surface area is 232 Å². The summed E-state index contributed by atoms with van der Waals surface area (Å²) in [7, 11) is -2.27. The maximum absolute atomic E-state index is 13.6. The van der Waals surface area contributed by atoms with Crippen LogP contribution in [0.15, 0.2) is 70.3 Å². The van der Waals surface area contributed by atoms with Gasteiger partial charge in [-0.15, -0.1) is 11.3 Å². The van der Waals surface area contributed by atoms with Crippen molar-refractivity contribution in [3.05, 3.63) is 71.6 Å². The van der Waals surface area contributed by atoms with Gasteiger partial charge in [-0.2, -0.15) is 4.31 Å². The van der Waals surface area contributed by atoms with Gasteiger partial charge in [-0.05, 0) is 42.6 Å². The largest absolute Gasteiger partial charge is 0.486 e. The van der Waals surface area contributed by atoms with E-state index in [0.29, 0.717) is 5.69 Å². The maximum atomic E-state index is 13.6. The van der Waals surface area contributed by atoms with E-state index >= 15 is 0 Å². The highest BCUT2D eigenvalue weighted by atomic mass is 32.2. The van der Waals surface area contributed by atoms with Crippen LogP contribution in [0.3, 0.4) is 0 Å². The fourth-order valence-corrected chi connectivity index (χ4v) is 6.67. The van der Waals surface area contributed by atoms with Crippen molar-refractivity contribution in [1.29, 1.82) is 0 Å². The van der Waals surface area contributed by atoms with Gasteiger partial charge in [0.25, 0.3) is 15.9 Å². The lowest BCUT2D eigenvalue weighted by molar-refractivity contribution is 0.0389. The fourth-order valence-electron chi connectivity index (χ4n) is 4.28. The summed E-state index contributed by atoms with van der Waals surface area (Å²) in [4.78, 5) is 28.0. The molecule has 39 heavy (non-hydrogen) atoms. The molecule has 208 valence electrons. The van der Waals surface area contributed by atoms with E-state index in [4.69, 9.17) is 4.74 Å². The number of thiophene rings is 1. The number of amides is 3. The van der Waals surface area contributed by atoms with Crippen LogP contribution in [0.4, 0.5) is 16.2 Å². The Bertz CT molecular complexity index is 1400. The van der Waals surface area contributed by atoms with Crippen LogP contribution in [0.5, 0.6) is 5.75 Å². The summed E-state index contributed by atoms with van der Waals surface area (Å²) < 4.78 is 34.1. The Morgan fingerprint density at radius 2 is 1.90 bits per heavy atom. The zero-order chi connectivity index (χ0) is 28.2. The highest BCUT2D eigenvalue weighted by molar-refractivity contribution is 7.91. The molecule has 3 aromatic rings. The molecule has 0 spiro atoms. The zero-order valence-corrected chi connectivity index (χ0v) is 23.5. The molecule has 0 radical (unpaired) electrons. The lowest BCUT2D eigenvalue weighted by Gasteiger charge is -2.38. The molecule has 2 aromatic carbocycles. The summed E-state index contributed by atoms with van der Waals surface area (Å²) >= 11 is 1.13. The molecule has 3 unspecified atom stereocenters. The standard InChI is InChI=1S/C27H32N4O6S2/c1-18-15-31(19(2)17-32)26(33)21-11-7-12-22(29-27(34)28-20-9-5-4-6-10-20)25(21)37-23(18)16-30(3)39(35,36)24-13-8-14-38-24/h4-14,18-19,23,32H,15-17H2,1-3H3,(H2,28,29,34). The molecular weight excluding hydrogens is 540 g/mol. The van der Waals surface area contributed by atoms with Crippen LogP contribution in [0.1, 0.15) is 24.2 Å². The minimum absolute atomic E-state index is 0.000915. The first-order chi connectivity index (χ1) is 18.6. The van der Waals surface area contributed by atoms with Crippen LogP contribution in [0, 0.1) is 5.92 Å². The van der Waals surface area contributed by atoms with E-state index in [1.807, 2.05) is 13.0 Å². The summed E-state index contributed by atoms with van der Waals surface area (Å²) in [6.07, 6.45) is -0.676. The highest BCUT2D eigenvalue weighted by Crippen LogP contribution is 2.35. The number of urea groups is 1. The number of carbonyl (C=O) groups is 2. The van der Waals surface area contributed by atoms with E-state index in [-0.39, 0.29) is 52.7 Å². The molecular formula is C27H32N4O6S2. The minimum atomic E-state index is -3.75. The second-order valence-corrected chi connectivity index (χ2v) is 12.7. The maximum Gasteiger partial charge on any atom is 0.323 e. The van der Waals surface area contributed by atoms with E-state index in [1.165, 1.54) is 11.4 Å². The molecule has 0 aliphatic carbocycles. The number of anilines is 2. The summed E-state index contributed by atoms with van der Waals surface area (Å²) in [6, 6.07) is 15.9. The van der Waals surface area contributed by atoms with Crippen LogP contribution in [0.25, 0.3) is 0 Å². The van der Waals surface area contributed by atoms with Gasteiger partial charge < -0.3 is 25.4 Å². The van der Waals surface area contributed by atoms with Crippen molar-refractivity contribution in [2.75, 3.05) is 37.4 Å². The first-order valence-electron chi connectivity index (χ1n) is 12.5. The van der Waals surface area contributed by atoms with E-state index in [1.54, 1.807) is 71.8 Å². The SMILES string of the molecule is CC1CN(C(C)CO)C(=O)c2cccc(NC(=O)Nc3ccccc3)c2OC1CN(C)S(=O)(=O)c1cccs1. The molecule has 12 heteroatoms. The van der Waals surface area contributed by atoms with E-state index in [2.05, 4.69) is 10.6 Å². The molecule has 0 saturated heterocycles. The minimum Gasteiger partial charge on any atom is -0.486 e. The van der Waals surface area contributed by atoms with Gasteiger partial charge in [0.15, 0.2) is 5.75 Å². The van der Waals surface area contributed by atoms with Gasteiger partial charge in [-0.25, -0.2) is 13.2 Å². The number of sulfonamides is 1. The molecule has 3 amide bonds. The van der Waals surface area contributed by atoms with Crippen molar-refractivity contribution >= 4 is 44.7 Å². The molecule has 3 N–H and O–H groups in total. The Morgan fingerprint density at radius 1 is 1.15 bits per heavy atom. The number of nitrogens with zero attached hydrogens (tertiary/aromatic N) is 2. The number of para-hydroxylation sites is 2. The van der Waals surface area contributed by atoms with Gasteiger partial charge in [0, 0.05) is 25.2 Å². The number of ether oxygens (including phenoxy) is 1. The number of aliphatic hydroxyl groups is 1. The first kappa shape index (κ1) is 28.6. The topological polar surface area (TPSA) is 128 Å². The smallest absolute Gasteiger partial charge is 0.323 e. The quantitative estimate of drug-likeness (QED) is 0.375. The number of aliphatic hydroxyl groups excluding tert-OH is 1. The fraction of sp³-hybridized carbons (Fsp3) is 0.333. The van der Waals surface area contributed by atoms with Gasteiger partial charge in [0.2, 0.25) is 0 Å². The molecule has 10 nitrogen and oxygen atoms in total. The van der Waals surface area contributed by atoms with Crippen molar-refractivity contribution in [2.24, 2.45) is 5.92 Å². The predicted octanol–water partition coefficient (Wildman–Crippen LogP) is 3.93. The Hall–Kier alpha value is -3.45. The van der Waals surface area contributed by atoms with E-state index in [9.17, 15) is 23.1 Å². The summed E-state index contributed by atoms with van der Waals surface area (Å²) in [5, 5.41) is 17.1. The molecule has 1 aliphatic heterocycles. The van der Waals surface area contributed by atoms with Crippen molar-refractivity contribution < 1.29 is 27.9 Å². The number of fused-ring (bicyclic) bond motifs is 1. The zero-order valence-electron chi connectivity index (χ0n) is 21.9. The lowest BCUT2D eigenvalue weighted by atomic mass is 9.99. The summed E-state index contributed by atoms with van der Waals surface area (Å²) in [6.45, 7) is 3.60. The molecule has 1 aliphatic rings. The van der Waals surface area contributed by atoms with E-state index in [0.717, 1.165) is 11.3 Å². The number of hydrogen-bond acceptors (Lipinski definition) is 7. The average molecular weight is 573 g/mol. The number of hydrogen-bond donors (Lipinski definition) is 3. The number of likely N-dealkylation sites (N-methyl/N-ethyl adjacent to an activating group) is 1. The van der Waals surface area contributed by atoms with Gasteiger partial charge in [0.05, 0.1) is 30.4 Å². The molecule has 1 aromatic heterocycles. The second kappa shape index (κ2) is 12.2. The molecule has 0 saturated carbocycles. The first-order valence-corrected chi connectivity index (χ1v) is 14.8. The van der Waals surface area contributed by atoms with Crippen LogP contribution >= 0.6 is 11.3 Å². The third-order valence-electron chi connectivity index (χ3n) is 6.57. The number of carbonyl (C=O) groups excluding carboxylic acids is 2. The molecule has 0 fully saturated rings. The number of rotatable bonds is 8. The van der Waals surface area contributed by atoms with Crippen LogP contribution < -0.4 is 15.4 Å². The Kier molecular flexibility index (Phi) is 8.90. The van der Waals surface area contributed by atoms with Crippen LogP contribution in [0.2, 0.25) is 0 Å². The molecule has 0 bridgehead atoms. The van der Waals surface area contributed by atoms with Crippen LogP contribution in [-0.4, -0.2) is 73.6 Å². The van der Waals surface area contributed by atoms with Crippen LogP contribution in [-0.2, 0) is 10.0 Å². The monoisotopic (exact) mass is 572 g/mol. The summed E-state index contributed by atoms with van der Waals surface area (Å²) in [5.74, 6) is -0.536. The molecule has 3 atom stereocenters.